The standard InChI is InChI=1S/C16H30O3S/c1-5-18-14(15(2,3)4)13(17)12-6-8-19-16(10-12)7-9-20-11-16/h12-14,17H,5-11H2,1-4H3. The Balaban J connectivity index is 2.04. The van der Waals surface area contributed by atoms with Gasteiger partial charge in [-0.15, -0.1) is 0 Å². The van der Waals surface area contributed by atoms with Crippen LogP contribution < -0.4 is 0 Å². The van der Waals surface area contributed by atoms with Crippen molar-refractivity contribution in [2.75, 3.05) is 24.7 Å². The Bertz CT molecular complexity index is 307. The molecular weight excluding hydrogens is 272 g/mol. The number of aliphatic hydroxyl groups is 1. The maximum absolute atomic E-state index is 10.9. The van der Waals surface area contributed by atoms with Crippen molar-refractivity contribution in [1.82, 2.24) is 0 Å². The normalized spacial score (nSPS) is 34.4. The molecule has 0 saturated carbocycles. The van der Waals surface area contributed by atoms with Crippen LogP contribution in [-0.4, -0.2) is 47.6 Å². The van der Waals surface area contributed by atoms with Gasteiger partial charge in [-0.3, -0.25) is 0 Å². The summed E-state index contributed by atoms with van der Waals surface area (Å²) in [4.78, 5) is 0. The van der Waals surface area contributed by atoms with Crippen LogP contribution in [0.3, 0.4) is 0 Å². The predicted octanol–water partition coefficient (Wildman–Crippen LogP) is 3.10. The van der Waals surface area contributed by atoms with Gasteiger partial charge in [0.15, 0.2) is 0 Å². The molecule has 4 unspecified atom stereocenters. The first-order valence-corrected chi connectivity index (χ1v) is 9.05. The van der Waals surface area contributed by atoms with Crippen LogP contribution in [0, 0.1) is 11.3 Å². The average Bonchev–Trinajstić information content (AvgIpc) is 2.82. The number of thioether (sulfide) groups is 1. The molecule has 118 valence electrons. The van der Waals surface area contributed by atoms with E-state index in [-0.39, 0.29) is 23.2 Å². The molecule has 4 atom stereocenters. The highest BCUT2D eigenvalue weighted by atomic mass is 32.2. The van der Waals surface area contributed by atoms with Gasteiger partial charge in [0.2, 0.25) is 0 Å². The summed E-state index contributed by atoms with van der Waals surface area (Å²) < 4.78 is 11.9. The number of ether oxygens (including phenoxy) is 2. The van der Waals surface area contributed by atoms with Gasteiger partial charge < -0.3 is 14.6 Å². The molecule has 0 aromatic carbocycles. The molecule has 0 aromatic rings. The van der Waals surface area contributed by atoms with Crippen LogP contribution in [0.1, 0.15) is 47.0 Å². The largest absolute Gasteiger partial charge is 0.390 e. The van der Waals surface area contributed by atoms with E-state index in [1.807, 2.05) is 18.7 Å². The third-order valence-corrected chi connectivity index (χ3v) is 5.81. The zero-order chi connectivity index (χ0) is 14.8. The molecule has 3 nitrogen and oxygen atoms in total. The fraction of sp³-hybridized carbons (Fsp3) is 1.00. The monoisotopic (exact) mass is 302 g/mol. The molecule has 0 aliphatic carbocycles. The van der Waals surface area contributed by atoms with Gasteiger partial charge in [0.1, 0.15) is 0 Å². The fourth-order valence-corrected chi connectivity index (χ4v) is 4.89. The first-order valence-electron chi connectivity index (χ1n) is 7.89. The highest BCUT2D eigenvalue weighted by molar-refractivity contribution is 7.99. The first kappa shape index (κ1) is 16.6. The van der Waals surface area contributed by atoms with E-state index in [0.717, 1.165) is 31.6 Å². The van der Waals surface area contributed by atoms with Crippen molar-refractivity contribution >= 4 is 11.8 Å². The maximum atomic E-state index is 10.9. The fourth-order valence-electron chi connectivity index (χ4n) is 3.51. The van der Waals surface area contributed by atoms with E-state index >= 15 is 0 Å². The van der Waals surface area contributed by atoms with E-state index < -0.39 is 0 Å². The molecule has 0 amide bonds. The molecular formula is C16H30O3S. The quantitative estimate of drug-likeness (QED) is 0.866. The van der Waals surface area contributed by atoms with Gasteiger partial charge in [-0.2, -0.15) is 11.8 Å². The summed E-state index contributed by atoms with van der Waals surface area (Å²) in [5, 5.41) is 10.9. The van der Waals surface area contributed by atoms with Gasteiger partial charge in [0, 0.05) is 19.0 Å². The molecule has 1 spiro atoms. The van der Waals surface area contributed by atoms with E-state index in [1.165, 1.54) is 5.75 Å². The molecule has 2 heterocycles. The summed E-state index contributed by atoms with van der Waals surface area (Å²) in [5.74, 6) is 2.58. The highest BCUT2D eigenvalue weighted by Crippen LogP contribution is 2.43. The lowest BCUT2D eigenvalue weighted by Gasteiger charge is -2.43. The Morgan fingerprint density at radius 2 is 2.20 bits per heavy atom. The van der Waals surface area contributed by atoms with E-state index in [1.54, 1.807) is 0 Å². The van der Waals surface area contributed by atoms with Gasteiger partial charge in [-0.05, 0) is 43.3 Å². The lowest BCUT2D eigenvalue weighted by molar-refractivity contribution is -0.149. The molecule has 1 N–H and O–H groups in total. The lowest BCUT2D eigenvalue weighted by Crippen LogP contribution is -2.50. The van der Waals surface area contributed by atoms with Gasteiger partial charge in [0.25, 0.3) is 0 Å². The Kier molecular flexibility index (Phi) is 5.44. The van der Waals surface area contributed by atoms with Crippen LogP contribution in [-0.2, 0) is 9.47 Å². The Morgan fingerprint density at radius 3 is 2.75 bits per heavy atom. The van der Waals surface area contributed by atoms with Crippen molar-refractivity contribution < 1.29 is 14.6 Å². The molecule has 2 aliphatic rings. The van der Waals surface area contributed by atoms with Crippen LogP contribution >= 0.6 is 11.8 Å². The molecule has 0 radical (unpaired) electrons. The minimum Gasteiger partial charge on any atom is -0.390 e. The second kappa shape index (κ2) is 6.55. The third-order valence-electron chi connectivity index (χ3n) is 4.59. The van der Waals surface area contributed by atoms with Crippen molar-refractivity contribution in [3.05, 3.63) is 0 Å². The Hall–Kier alpha value is 0.230. The second-order valence-electron chi connectivity index (χ2n) is 7.32. The van der Waals surface area contributed by atoms with Crippen molar-refractivity contribution in [2.24, 2.45) is 11.3 Å². The zero-order valence-electron chi connectivity index (χ0n) is 13.4. The molecule has 2 aliphatic heterocycles. The highest BCUT2D eigenvalue weighted by Gasteiger charge is 2.45. The van der Waals surface area contributed by atoms with E-state index in [9.17, 15) is 5.11 Å². The number of hydrogen-bond donors (Lipinski definition) is 1. The molecule has 2 fully saturated rings. The summed E-state index contributed by atoms with van der Waals surface area (Å²) >= 11 is 1.98. The topological polar surface area (TPSA) is 38.7 Å². The summed E-state index contributed by atoms with van der Waals surface area (Å²) in [6.45, 7) is 9.89. The molecule has 0 bridgehead atoms. The minimum absolute atomic E-state index is 0.0310. The third kappa shape index (κ3) is 3.70. The van der Waals surface area contributed by atoms with Gasteiger partial charge >= 0.3 is 0 Å². The number of aliphatic hydroxyl groups excluding tert-OH is 1. The second-order valence-corrected chi connectivity index (χ2v) is 8.42. The van der Waals surface area contributed by atoms with Crippen LogP contribution in [0.15, 0.2) is 0 Å². The minimum atomic E-state index is -0.388. The lowest BCUT2D eigenvalue weighted by atomic mass is 9.75. The van der Waals surface area contributed by atoms with E-state index in [0.29, 0.717) is 12.5 Å². The van der Waals surface area contributed by atoms with Crippen molar-refractivity contribution in [1.29, 1.82) is 0 Å². The summed E-state index contributed by atoms with van der Waals surface area (Å²) in [5.41, 5.74) is -0.00542. The molecule has 0 aromatic heterocycles. The average molecular weight is 302 g/mol. The van der Waals surface area contributed by atoms with Crippen LogP contribution in [0.2, 0.25) is 0 Å². The van der Waals surface area contributed by atoms with Crippen molar-refractivity contribution in [2.45, 2.75) is 64.8 Å². The summed E-state index contributed by atoms with van der Waals surface area (Å²) in [6.07, 6.45) is 2.59. The SMILES string of the molecule is CCOC(C(O)C1CCOC2(CCSC2)C1)C(C)(C)C. The first-order chi connectivity index (χ1) is 9.38. The molecule has 20 heavy (non-hydrogen) atoms. The maximum Gasteiger partial charge on any atom is 0.0884 e. The van der Waals surface area contributed by atoms with Crippen LogP contribution in [0.4, 0.5) is 0 Å². The van der Waals surface area contributed by atoms with Gasteiger partial charge in [-0.1, -0.05) is 20.8 Å². The number of rotatable bonds is 4. The van der Waals surface area contributed by atoms with Crippen LogP contribution in [0.5, 0.6) is 0 Å². The van der Waals surface area contributed by atoms with Gasteiger partial charge in [-0.25, -0.2) is 0 Å². The van der Waals surface area contributed by atoms with E-state index in [2.05, 4.69) is 20.8 Å². The summed E-state index contributed by atoms with van der Waals surface area (Å²) in [6, 6.07) is 0. The van der Waals surface area contributed by atoms with Crippen LogP contribution in [0.25, 0.3) is 0 Å². The molecule has 2 rings (SSSR count). The Labute approximate surface area is 127 Å². The predicted molar refractivity (Wildman–Crippen MR) is 84.2 cm³/mol. The van der Waals surface area contributed by atoms with Gasteiger partial charge in [0.05, 0.1) is 17.8 Å². The summed E-state index contributed by atoms with van der Waals surface area (Å²) in [7, 11) is 0. The zero-order valence-corrected chi connectivity index (χ0v) is 14.2. The van der Waals surface area contributed by atoms with E-state index in [4.69, 9.17) is 9.47 Å². The Morgan fingerprint density at radius 1 is 1.45 bits per heavy atom. The van der Waals surface area contributed by atoms with Crippen molar-refractivity contribution in [3.8, 4) is 0 Å². The smallest absolute Gasteiger partial charge is 0.0884 e. The number of hydrogen-bond acceptors (Lipinski definition) is 4. The molecule has 2 saturated heterocycles. The molecule has 4 heteroatoms. The van der Waals surface area contributed by atoms with Crippen molar-refractivity contribution in [3.63, 3.8) is 0 Å².